The Morgan fingerprint density at radius 2 is 1.84 bits per heavy atom. The summed E-state index contributed by atoms with van der Waals surface area (Å²) in [6.45, 7) is 16.1. The molecule has 246 valence electrons. The SMILES string of the molecule is CCOC/C(=C(/C)CC)N(CC(C)(CO)CO)c1c(C)c(N)nc2cc(CCCN3CCN(C(=O)CCCN)CC3)ccc12. The molecule has 6 N–H and O–H groups in total. The topological polar surface area (TPSA) is 141 Å². The molecule has 10 nitrogen and oxygen atoms in total. The van der Waals surface area contributed by atoms with Crippen molar-refractivity contribution in [2.45, 2.75) is 66.7 Å². The van der Waals surface area contributed by atoms with Crippen LogP contribution in [-0.4, -0.2) is 103 Å². The number of aromatic nitrogens is 1. The molecule has 1 aromatic heterocycles. The number of rotatable bonds is 17. The van der Waals surface area contributed by atoms with Crippen LogP contribution in [0.1, 0.15) is 64.5 Å². The number of allylic oxidation sites excluding steroid dienone is 1. The summed E-state index contributed by atoms with van der Waals surface area (Å²) in [4.78, 5) is 23.7. The molecular weight excluding hydrogens is 556 g/mol. The number of pyridine rings is 1. The van der Waals surface area contributed by atoms with Crippen LogP contribution in [0.5, 0.6) is 0 Å². The van der Waals surface area contributed by atoms with Crippen LogP contribution in [-0.2, 0) is 16.0 Å². The smallest absolute Gasteiger partial charge is 0.222 e. The molecule has 1 aliphatic rings. The fourth-order valence-corrected chi connectivity index (χ4v) is 5.72. The number of carbonyl (C=O) groups is 1. The molecule has 0 radical (unpaired) electrons. The molecule has 3 rings (SSSR count). The van der Waals surface area contributed by atoms with Gasteiger partial charge < -0.3 is 36.2 Å². The molecule has 0 spiro atoms. The number of aliphatic hydroxyl groups excluding tert-OH is 2. The number of nitrogen functional groups attached to an aromatic ring is 1. The second kappa shape index (κ2) is 17.1. The van der Waals surface area contributed by atoms with Crippen LogP contribution in [0.25, 0.3) is 10.9 Å². The van der Waals surface area contributed by atoms with Crippen LogP contribution in [0.15, 0.2) is 29.5 Å². The molecule has 2 heterocycles. The lowest BCUT2D eigenvalue weighted by Crippen LogP contribution is -2.48. The number of aryl methyl sites for hydroxylation is 1. The monoisotopic (exact) mass is 612 g/mol. The van der Waals surface area contributed by atoms with Crippen LogP contribution in [0, 0.1) is 12.3 Å². The van der Waals surface area contributed by atoms with E-state index in [4.69, 9.17) is 21.2 Å². The van der Waals surface area contributed by atoms with Gasteiger partial charge in [0.25, 0.3) is 0 Å². The highest BCUT2D eigenvalue weighted by molar-refractivity contribution is 5.97. The Morgan fingerprint density at radius 1 is 1.14 bits per heavy atom. The summed E-state index contributed by atoms with van der Waals surface area (Å²) >= 11 is 0. The molecule has 1 saturated heterocycles. The van der Waals surface area contributed by atoms with Crippen molar-refractivity contribution >= 4 is 28.3 Å². The van der Waals surface area contributed by atoms with E-state index < -0.39 is 5.41 Å². The summed E-state index contributed by atoms with van der Waals surface area (Å²) in [5, 5.41) is 21.5. The Labute approximate surface area is 264 Å². The molecule has 1 amide bonds. The van der Waals surface area contributed by atoms with E-state index in [2.05, 4.69) is 41.8 Å². The minimum atomic E-state index is -0.745. The summed E-state index contributed by atoms with van der Waals surface area (Å²) < 4.78 is 5.93. The number of nitrogens with zero attached hydrogens (tertiary/aromatic N) is 4. The molecule has 0 aliphatic carbocycles. The fourth-order valence-electron chi connectivity index (χ4n) is 5.72. The highest BCUT2D eigenvalue weighted by Crippen LogP contribution is 2.38. The van der Waals surface area contributed by atoms with Crippen molar-refractivity contribution < 1.29 is 19.7 Å². The first-order valence-corrected chi connectivity index (χ1v) is 16.3. The summed E-state index contributed by atoms with van der Waals surface area (Å²) in [7, 11) is 0. The minimum Gasteiger partial charge on any atom is -0.396 e. The Hall–Kier alpha value is -2.76. The summed E-state index contributed by atoms with van der Waals surface area (Å²) in [6, 6.07) is 6.44. The van der Waals surface area contributed by atoms with Gasteiger partial charge in [0.1, 0.15) is 5.82 Å². The zero-order valence-electron chi connectivity index (χ0n) is 27.7. The molecule has 2 aromatic rings. The Bertz CT molecular complexity index is 1250. The van der Waals surface area contributed by atoms with Gasteiger partial charge in [0.2, 0.25) is 5.91 Å². The standard InChI is InChI=1S/C34H56N6O4/c1-6-25(3)30(21-44-7-2)40(22-34(5,23-41)24-42)32-26(4)33(36)37-29-20-27(12-13-28(29)32)10-9-15-38-16-18-39(19-17-38)31(43)11-8-14-35/h12-13,20,41-42H,6-11,14-19,21-24,35H2,1-5H3,(H2,36,37)/b30-25+. The number of hydrogen-bond acceptors (Lipinski definition) is 9. The van der Waals surface area contributed by atoms with Gasteiger partial charge in [0.05, 0.1) is 31.0 Å². The number of fused-ring (bicyclic) bond motifs is 1. The van der Waals surface area contributed by atoms with Gasteiger partial charge in [-0.15, -0.1) is 0 Å². The van der Waals surface area contributed by atoms with Gasteiger partial charge in [-0.2, -0.15) is 0 Å². The third-order valence-electron chi connectivity index (χ3n) is 8.92. The van der Waals surface area contributed by atoms with Crippen molar-refractivity contribution in [3.63, 3.8) is 0 Å². The van der Waals surface area contributed by atoms with Crippen LogP contribution >= 0.6 is 0 Å². The molecular formula is C34H56N6O4. The maximum atomic E-state index is 12.3. The molecule has 0 bridgehead atoms. The average molecular weight is 613 g/mol. The van der Waals surface area contributed by atoms with Gasteiger partial charge in [-0.1, -0.05) is 31.6 Å². The average Bonchev–Trinajstić information content (AvgIpc) is 3.04. The van der Waals surface area contributed by atoms with Crippen molar-refractivity contribution in [3.05, 3.63) is 40.6 Å². The number of aliphatic hydroxyl groups is 2. The fraction of sp³-hybridized carbons (Fsp3) is 0.647. The van der Waals surface area contributed by atoms with Gasteiger partial charge in [-0.05, 0) is 71.2 Å². The lowest BCUT2D eigenvalue weighted by atomic mass is 9.90. The number of amides is 1. The minimum absolute atomic E-state index is 0.158. The molecule has 1 aromatic carbocycles. The number of nitrogens with two attached hydrogens (primary N) is 2. The van der Waals surface area contributed by atoms with Crippen molar-refractivity contribution in [2.75, 3.05) is 82.9 Å². The number of carbonyl (C=O) groups excluding carboxylic acids is 1. The predicted octanol–water partition coefficient (Wildman–Crippen LogP) is 3.46. The lowest BCUT2D eigenvalue weighted by molar-refractivity contribution is -0.133. The van der Waals surface area contributed by atoms with Gasteiger partial charge in [0.15, 0.2) is 0 Å². The van der Waals surface area contributed by atoms with E-state index in [0.717, 1.165) is 86.3 Å². The maximum Gasteiger partial charge on any atom is 0.222 e. The van der Waals surface area contributed by atoms with E-state index in [0.29, 0.717) is 38.5 Å². The van der Waals surface area contributed by atoms with E-state index in [-0.39, 0.29) is 19.1 Å². The molecule has 10 heteroatoms. The van der Waals surface area contributed by atoms with Crippen molar-refractivity contribution in [1.29, 1.82) is 0 Å². The first kappa shape index (κ1) is 35.7. The number of piperazine rings is 1. The Balaban J connectivity index is 1.85. The number of ether oxygens (including phenoxy) is 1. The van der Waals surface area contributed by atoms with Crippen LogP contribution in [0.4, 0.5) is 11.5 Å². The highest BCUT2D eigenvalue weighted by atomic mass is 16.5. The van der Waals surface area contributed by atoms with E-state index in [1.54, 1.807) is 0 Å². The lowest BCUT2D eigenvalue weighted by Gasteiger charge is -2.38. The van der Waals surface area contributed by atoms with Gasteiger partial charge in [-0.25, -0.2) is 4.98 Å². The Kier molecular flexibility index (Phi) is 13.9. The van der Waals surface area contributed by atoms with Crippen molar-refractivity contribution in [2.24, 2.45) is 11.1 Å². The van der Waals surface area contributed by atoms with Crippen molar-refractivity contribution in [1.82, 2.24) is 14.8 Å². The van der Waals surface area contributed by atoms with Gasteiger partial charge >= 0.3 is 0 Å². The summed E-state index contributed by atoms with van der Waals surface area (Å²) in [5.41, 5.74) is 17.4. The normalized spacial score (nSPS) is 15.1. The molecule has 44 heavy (non-hydrogen) atoms. The number of hydrogen-bond donors (Lipinski definition) is 4. The van der Waals surface area contributed by atoms with E-state index in [1.165, 1.54) is 11.1 Å². The molecule has 1 fully saturated rings. The summed E-state index contributed by atoms with van der Waals surface area (Å²) in [6.07, 6.45) is 4.06. The zero-order valence-corrected chi connectivity index (χ0v) is 27.7. The highest BCUT2D eigenvalue weighted by Gasteiger charge is 2.31. The van der Waals surface area contributed by atoms with Crippen molar-refractivity contribution in [3.8, 4) is 0 Å². The molecule has 0 atom stereocenters. The molecule has 0 saturated carbocycles. The van der Waals surface area contributed by atoms with Crippen LogP contribution < -0.4 is 16.4 Å². The second-order valence-electron chi connectivity index (χ2n) is 12.5. The van der Waals surface area contributed by atoms with E-state index >= 15 is 0 Å². The predicted molar refractivity (Wildman–Crippen MR) is 180 cm³/mol. The third-order valence-corrected chi connectivity index (χ3v) is 8.92. The van der Waals surface area contributed by atoms with Gasteiger partial charge in [0, 0.05) is 67.8 Å². The van der Waals surface area contributed by atoms with E-state index in [1.807, 2.05) is 25.7 Å². The van der Waals surface area contributed by atoms with Crippen LogP contribution in [0.3, 0.4) is 0 Å². The number of anilines is 2. The third kappa shape index (κ3) is 9.14. The second-order valence-corrected chi connectivity index (χ2v) is 12.5. The first-order chi connectivity index (χ1) is 21.1. The maximum absolute atomic E-state index is 12.3. The molecule has 0 unspecified atom stereocenters. The van der Waals surface area contributed by atoms with E-state index in [9.17, 15) is 15.0 Å². The largest absolute Gasteiger partial charge is 0.396 e. The zero-order chi connectivity index (χ0) is 32.3. The molecule has 1 aliphatic heterocycles. The van der Waals surface area contributed by atoms with Crippen LogP contribution in [0.2, 0.25) is 0 Å². The number of benzene rings is 1. The van der Waals surface area contributed by atoms with Gasteiger partial charge in [-0.3, -0.25) is 9.69 Å². The quantitative estimate of drug-likeness (QED) is 0.211. The first-order valence-electron chi connectivity index (χ1n) is 16.3. The Morgan fingerprint density at radius 3 is 2.45 bits per heavy atom. The summed E-state index contributed by atoms with van der Waals surface area (Å²) in [5.74, 6) is 0.682.